The van der Waals surface area contributed by atoms with Crippen LogP contribution in [0, 0.1) is 0 Å². The molecule has 176 valence electrons. The summed E-state index contributed by atoms with van der Waals surface area (Å²) in [6.07, 6.45) is 21.2. The summed E-state index contributed by atoms with van der Waals surface area (Å²) in [5.41, 5.74) is 0. The lowest BCUT2D eigenvalue weighted by Gasteiger charge is -2.22. The fraction of sp³-hybridized carbons (Fsp3) is 1.00. The summed E-state index contributed by atoms with van der Waals surface area (Å²) in [5.74, 6) is 0. The van der Waals surface area contributed by atoms with Gasteiger partial charge in [-0.15, -0.1) is 0 Å². The first-order valence-electron chi connectivity index (χ1n) is 12.5. The predicted molar refractivity (Wildman–Crippen MR) is 124 cm³/mol. The Kier molecular flexibility index (Phi) is 18.5. The van der Waals surface area contributed by atoms with Crippen LogP contribution in [0.2, 0.25) is 0 Å². The zero-order valence-electron chi connectivity index (χ0n) is 19.4. The van der Waals surface area contributed by atoms with Crippen LogP contribution in [0.15, 0.2) is 0 Å². The number of alkyl halides is 1. The summed E-state index contributed by atoms with van der Waals surface area (Å²) >= 11 is 0. The molecule has 0 spiro atoms. The van der Waals surface area contributed by atoms with E-state index in [2.05, 4.69) is 13.8 Å². The van der Waals surface area contributed by atoms with Crippen molar-refractivity contribution in [2.75, 3.05) is 0 Å². The lowest BCUT2D eigenvalue weighted by atomic mass is 10.0. The average molecular weight is 437 g/mol. The molecule has 0 saturated heterocycles. The van der Waals surface area contributed by atoms with E-state index < -0.39 is 15.1 Å². The minimum Gasteiger partial charge on any atom is -0.283 e. The topological polar surface area (TPSA) is 54.4 Å². The first-order valence-corrected chi connectivity index (χ1v) is 14.0. The minimum atomic E-state index is -4.64. The molecule has 0 saturated carbocycles. The second-order valence-corrected chi connectivity index (χ2v) is 10.6. The molecule has 0 aliphatic carbocycles. The van der Waals surface area contributed by atoms with E-state index in [1.54, 1.807) is 0 Å². The van der Waals surface area contributed by atoms with Crippen LogP contribution >= 0.6 is 0 Å². The van der Waals surface area contributed by atoms with E-state index in [4.69, 9.17) is 0 Å². The fourth-order valence-electron chi connectivity index (χ4n) is 3.96. The average Bonchev–Trinajstić information content (AvgIpc) is 2.67. The Labute approximate surface area is 181 Å². The zero-order valence-corrected chi connectivity index (χ0v) is 20.2. The second kappa shape index (κ2) is 18.6. The summed E-state index contributed by atoms with van der Waals surface area (Å²) in [6, 6.07) is 0. The van der Waals surface area contributed by atoms with Gasteiger partial charge >= 0.3 is 0 Å². The van der Waals surface area contributed by atoms with Crippen molar-refractivity contribution < 1.29 is 17.4 Å². The molecule has 1 unspecified atom stereocenters. The predicted octanol–water partition coefficient (Wildman–Crippen LogP) is 8.77. The van der Waals surface area contributed by atoms with Gasteiger partial charge in [-0.1, -0.05) is 123 Å². The lowest BCUT2D eigenvalue weighted by molar-refractivity contribution is 0.203. The third-order valence-corrected chi connectivity index (χ3v) is 7.35. The largest absolute Gasteiger partial charge is 0.300 e. The van der Waals surface area contributed by atoms with Crippen molar-refractivity contribution in [1.29, 1.82) is 0 Å². The molecule has 0 rings (SSSR count). The molecule has 0 aromatic rings. The molecule has 0 heterocycles. The van der Waals surface area contributed by atoms with Crippen molar-refractivity contribution >= 4 is 10.1 Å². The third-order valence-electron chi connectivity index (χ3n) is 6.02. The van der Waals surface area contributed by atoms with Gasteiger partial charge in [-0.2, -0.15) is 8.42 Å². The molecule has 1 atom stereocenters. The van der Waals surface area contributed by atoms with Gasteiger partial charge < -0.3 is 0 Å². The van der Waals surface area contributed by atoms with Gasteiger partial charge in [0, 0.05) is 0 Å². The molecule has 0 aromatic heterocycles. The van der Waals surface area contributed by atoms with Gasteiger partial charge in [0.15, 0.2) is 0 Å². The molecule has 1 N–H and O–H groups in total. The highest BCUT2D eigenvalue weighted by Crippen LogP contribution is 2.32. The van der Waals surface area contributed by atoms with Gasteiger partial charge in [-0.05, 0) is 25.7 Å². The Morgan fingerprint density at radius 3 is 1.03 bits per heavy atom. The van der Waals surface area contributed by atoms with Gasteiger partial charge in [0.05, 0.1) is 0 Å². The van der Waals surface area contributed by atoms with Gasteiger partial charge in [0.2, 0.25) is 5.00 Å². The van der Waals surface area contributed by atoms with E-state index in [1.165, 1.54) is 64.2 Å². The molecular formula is C24H49FO3S. The van der Waals surface area contributed by atoms with Crippen molar-refractivity contribution in [2.24, 2.45) is 0 Å². The van der Waals surface area contributed by atoms with E-state index >= 15 is 0 Å². The molecule has 0 fully saturated rings. The van der Waals surface area contributed by atoms with Crippen LogP contribution in [0.4, 0.5) is 4.39 Å². The highest BCUT2D eigenvalue weighted by Gasteiger charge is 2.41. The van der Waals surface area contributed by atoms with Crippen LogP contribution in [0.3, 0.4) is 0 Å². The third kappa shape index (κ3) is 16.2. The summed E-state index contributed by atoms with van der Waals surface area (Å²) in [7, 11) is -4.64. The SMILES string of the molecule is CCCCCCCCCCCCCCCCC(F)(CCCCCCC)S(=O)(=O)O. The van der Waals surface area contributed by atoms with Gasteiger partial charge in [0.25, 0.3) is 10.1 Å². The number of hydrogen-bond acceptors (Lipinski definition) is 2. The molecular weight excluding hydrogens is 387 g/mol. The second-order valence-electron chi connectivity index (χ2n) is 8.87. The van der Waals surface area contributed by atoms with Crippen LogP contribution in [0.25, 0.3) is 0 Å². The highest BCUT2D eigenvalue weighted by molar-refractivity contribution is 7.87. The Balaban J connectivity index is 3.70. The molecule has 0 aliphatic rings. The van der Waals surface area contributed by atoms with Gasteiger partial charge in [0.1, 0.15) is 0 Å². The zero-order chi connectivity index (χ0) is 21.8. The Morgan fingerprint density at radius 1 is 0.552 bits per heavy atom. The molecule has 29 heavy (non-hydrogen) atoms. The maximum atomic E-state index is 14.8. The van der Waals surface area contributed by atoms with Crippen molar-refractivity contribution in [3.05, 3.63) is 0 Å². The standard InChI is InChI=1S/C24H49FO3S/c1-3-5-7-9-10-11-12-13-14-15-16-17-19-21-23-24(25,29(26,27)28)22-20-18-8-6-4-2/h3-23H2,1-2H3,(H,26,27,28). The Bertz CT molecular complexity index is 453. The van der Waals surface area contributed by atoms with Crippen LogP contribution < -0.4 is 0 Å². The molecule has 5 heteroatoms. The van der Waals surface area contributed by atoms with E-state index in [1.807, 2.05) is 0 Å². The molecule has 0 aromatic carbocycles. The maximum absolute atomic E-state index is 14.8. The van der Waals surface area contributed by atoms with Crippen LogP contribution in [0.5, 0.6) is 0 Å². The van der Waals surface area contributed by atoms with E-state index in [0.29, 0.717) is 12.8 Å². The van der Waals surface area contributed by atoms with Gasteiger partial charge in [-0.3, -0.25) is 4.55 Å². The Morgan fingerprint density at radius 2 is 0.793 bits per heavy atom. The molecule has 0 radical (unpaired) electrons. The van der Waals surface area contributed by atoms with Crippen molar-refractivity contribution in [1.82, 2.24) is 0 Å². The molecule has 0 aliphatic heterocycles. The monoisotopic (exact) mass is 436 g/mol. The van der Waals surface area contributed by atoms with Crippen molar-refractivity contribution in [3.63, 3.8) is 0 Å². The summed E-state index contributed by atoms with van der Waals surface area (Å²) in [6.45, 7) is 4.35. The Hall–Kier alpha value is -0.160. The van der Waals surface area contributed by atoms with E-state index in [9.17, 15) is 17.4 Å². The molecule has 0 amide bonds. The van der Waals surface area contributed by atoms with Crippen LogP contribution in [-0.4, -0.2) is 18.0 Å². The smallest absolute Gasteiger partial charge is 0.283 e. The van der Waals surface area contributed by atoms with E-state index in [-0.39, 0.29) is 12.8 Å². The molecule has 3 nitrogen and oxygen atoms in total. The number of hydrogen-bond donors (Lipinski definition) is 1. The minimum absolute atomic E-state index is 0.0718. The quantitative estimate of drug-likeness (QED) is 0.136. The van der Waals surface area contributed by atoms with Crippen molar-refractivity contribution in [2.45, 2.75) is 154 Å². The maximum Gasteiger partial charge on any atom is 0.300 e. The summed E-state index contributed by atoms with van der Waals surface area (Å²) < 4.78 is 47.2. The van der Waals surface area contributed by atoms with E-state index in [0.717, 1.165) is 44.9 Å². The van der Waals surface area contributed by atoms with Crippen molar-refractivity contribution in [3.8, 4) is 0 Å². The number of halogens is 1. The first kappa shape index (κ1) is 28.8. The normalized spacial score (nSPS) is 14.2. The number of unbranched alkanes of at least 4 members (excludes halogenated alkanes) is 17. The lowest BCUT2D eigenvalue weighted by Crippen LogP contribution is -2.33. The molecule has 0 bridgehead atoms. The fourth-order valence-corrected chi connectivity index (χ4v) is 4.76. The van der Waals surface area contributed by atoms with Gasteiger partial charge in [-0.25, -0.2) is 4.39 Å². The van der Waals surface area contributed by atoms with Crippen LogP contribution in [-0.2, 0) is 10.1 Å². The number of rotatable bonds is 22. The summed E-state index contributed by atoms with van der Waals surface area (Å²) in [5, 5.41) is -2.45. The first-order chi connectivity index (χ1) is 13.9. The highest BCUT2D eigenvalue weighted by atomic mass is 32.2. The van der Waals surface area contributed by atoms with Crippen LogP contribution in [0.1, 0.15) is 149 Å². The summed E-state index contributed by atoms with van der Waals surface area (Å²) in [4.78, 5) is 0.